The van der Waals surface area contributed by atoms with Crippen LogP contribution in [0.5, 0.6) is 11.5 Å². The van der Waals surface area contributed by atoms with Gasteiger partial charge in [0.25, 0.3) is 0 Å². The van der Waals surface area contributed by atoms with E-state index in [2.05, 4.69) is 107 Å². The number of phenolic OH excluding ortho intramolecular Hbond substituents is 2. The molecule has 34 heavy (non-hydrogen) atoms. The Balaban J connectivity index is 2.84. The maximum atomic E-state index is 11.7. The van der Waals surface area contributed by atoms with Crippen molar-refractivity contribution in [1.29, 1.82) is 0 Å². The molecule has 2 rings (SSSR count). The lowest BCUT2D eigenvalue weighted by Gasteiger charge is -2.35. The van der Waals surface area contributed by atoms with Gasteiger partial charge in [-0.3, -0.25) is 0 Å². The number of hydrogen-bond acceptors (Lipinski definition) is 2. The summed E-state index contributed by atoms with van der Waals surface area (Å²) in [6.07, 6.45) is 3.65. The van der Waals surface area contributed by atoms with Gasteiger partial charge in [0.2, 0.25) is 0 Å². The number of hydrogen-bond donors (Lipinski definition) is 2. The smallest absolute Gasteiger partial charge is 0.127 e. The molecule has 2 aromatic carbocycles. The van der Waals surface area contributed by atoms with Crippen LogP contribution in [-0.2, 0) is 23.7 Å². The first-order chi connectivity index (χ1) is 15.3. The maximum absolute atomic E-state index is 11.7. The Morgan fingerprint density at radius 2 is 0.824 bits per heavy atom. The zero-order chi connectivity index (χ0) is 26.3. The Hall–Kier alpha value is -1.96. The van der Waals surface area contributed by atoms with Crippen molar-refractivity contribution >= 4 is 0 Å². The van der Waals surface area contributed by atoms with Gasteiger partial charge in [0.1, 0.15) is 11.5 Å². The molecule has 0 unspecified atom stereocenters. The van der Waals surface area contributed by atoms with Crippen molar-refractivity contribution in [1.82, 2.24) is 0 Å². The maximum Gasteiger partial charge on any atom is 0.127 e. The lowest BCUT2D eigenvalue weighted by atomic mass is 9.70. The largest absolute Gasteiger partial charge is 0.507 e. The van der Waals surface area contributed by atoms with Crippen LogP contribution < -0.4 is 0 Å². The van der Waals surface area contributed by atoms with Crippen molar-refractivity contribution < 1.29 is 10.2 Å². The lowest BCUT2D eigenvalue weighted by molar-refractivity contribution is 0.277. The molecule has 0 fully saturated rings. The van der Waals surface area contributed by atoms with Crippen LogP contribution in [0.15, 0.2) is 24.3 Å². The fourth-order valence-electron chi connectivity index (χ4n) is 6.08. The Bertz CT molecular complexity index is 927. The number of benzene rings is 2. The van der Waals surface area contributed by atoms with Gasteiger partial charge in [-0.25, -0.2) is 0 Å². The molecule has 2 N–H and O–H groups in total. The van der Waals surface area contributed by atoms with Crippen LogP contribution in [0.4, 0.5) is 0 Å². The third-order valence-electron chi connectivity index (χ3n) is 6.85. The molecule has 0 saturated heterocycles. The second kappa shape index (κ2) is 9.59. The van der Waals surface area contributed by atoms with Crippen LogP contribution in [0.3, 0.4) is 0 Å². The molecule has 2 heteroatoms. The monoisotopic (exact) mass is 466 g/mol. The van der Waals surface area contributed by atoms with Crippen molar-refractivity contribution in [3.8, 4) is 22.6 Å². The third kappa shape index (κ3) is 6.58. The van der Waals surface area contributed by atoms with Crippen LogP contribution >= 0.6 is 0 Å². The normalized spacial score (nSPS) is 13.4. The van der Waals surface area contributed by atoms with E-state index >= 15 is 0 Å². The predicted molar refractivity (Wildman–Crippen MR) is 148 cm³/mol. The van der Waals surface area contributed by atoms with Crippen LogP contribution in [0.2, 0.25) is 0 Å². The molecule has 190 valence electrons. The van der Waals surface area contributed by atoms with Gasteiger partial charge >= 0.3 is 0 Å². The van der Waals surface area contributed by atoms with Gasteiger partial charge in [0.05, 0.1) is 0 Å². The summed E-state index contributed by atoms with van der Waals surface area (Å²) in [4.78, 5) is 0. The molecule has 0 saturated carbocycles. The molecule has 2 aromatic rings. The summed E-state index contributed by atoms with van der Waals surface area (Å²) in [6, 6.07) is 8.47. The van der Waals surface area contributed by atoms with Gasteiger partial charge < -0.3 is 10.2 Å². The van der Waals surface area contributed by atoms with E-state index in [4.69, 9.17) is 0 Å². The molecule has 0 amide bonds. The number of aromatic hydroxyl groups is 2. The summed E-state index contributed by atoms with van der Waals surface area (Å²) in [5, 5.41) is 23.3. The second-order valence-electron chi connectivity index (χ2n) is 14.0. The fraction of sp³-hybridized carbons (Fsp3) is 0.625. The highest BCUT2D eigenvalue weighted by Crippen LogP contribution is 2.49. The lowest BCUT2D eigenvalue weighted by Crippen LogP contribution is -2.25. The molecule has 0 bridgehead atoms. The molecular formula is C32H50O2. The summed E-state index contributed by atoms with van der Waals surface area (Å²) in [6.45, 7) is 26.7. The Morgan fingerprint density at radius 3 is 1.06 bits per heavy atom. The van der Waals surface area contributed by atoms with Crippen LogP contribution in [0.1, 0.15) is 118 Å². The molecule has 0 heterocycles. The van der Waals surface area contributed by atoms with E-state index in [1.165, 1.54) is 11.1 Å². The number of rotatable bonds is 7. The zero-order valence-electron chi connectivity index (χ0n) is 24.0. The van der Waals surface area contributed by atoms with E-state index in [-0.39, 0.29) is 21.7 Å². The average molecular weight is 467 g/mol. The zero-order valence-corrected chi connectivity index (χ0v) is 24.0. The molecule has 0 aliphatic heterocycles. The molecule has 0 aromatic heterocycles. The summed E-state index contributed by atoms with van der Waals surface area (Å²) >= 11 is 0. The van der Waals surface area contributed by atoms with E-state index in [1.54, 1.807) is 0 Å². The van der Waals surface area contributed by atoms with Crippen LogP contribution in [0.25, 0.3) is 11.1 Å². The fourth-order valence-corrected chi connectivity index (χ4v) is 6.08. The van der Waals surface area contributed by atoms with Gasteiger partial charge in [-0.1, -0.05) is 95.2 Å². The predicted octanol–water partition coefficient (Wildman–Crippen LogP) is 9.32. The highest BCUT2D eigenvalue weighted by molar-refractivity contribution is 5.80. The Morgan fingerprint density at radius 1 is 0.529 bits per heavy atom. The van der Waals surface area contributed by atoms with Crippen LogP contribution in [-0.4, -0.2) is 10.2 Å². The van der Waals surface area contributed by atoms with E-state index in [9.17, 15) is 10.2 Å². The second-order valence-corrected chi connectivity index (χ2v) is 14.0. The Labute approximate surface area is 209 Å². The Kier molecular flexibility index (Phi) is 7.98. The summed E-state index contributed by atoms with van der Waals surface area (Å²) in [5.74, 6) is 0.601. The first-order valence-electron chi connectivity index (χ1n) is 13.0. The van der Waals surface area contributed by atoms with E-state index in [0.29, 0.717) is 11.5 Å². The third-order valence-corrected chi connectivity index (χ3v) is 6.85. The summed E-state index contributed by atoms with van der Waals surface area (Å²) in [5.41, 5.74) is 5.65. The minimum atomic E-state index is -0.200. The highest BCUT2D eigenvalue weighted by Gasteiger charge is 2.34. The van der Waals surface area contributed by atoms with E-state index in [1.807, 2.05) is 0 Å². The molecule has 0 aliphatic rings. The van der Waals surface area contributed by atoms with Gasteiger partial charge in [-0.15, -0.1) is 0 Å². The molecule has 0 atom stereocenters. The van der Waals surface area contributed by atoms with Crippen molar-refractivity contribution in [2.24, 2.45) is 10.8 Å². The standard InChI is InChI=1S/C32H50O2/c1-13-21-15-23(27(33)25(17-21)31(9,10)19-29(3,4)5)24-16-22(14-2)18-26(28(24)34)32(11,12)20-30(6,7)8/h15-18,33-34H,13-14,19-20H2,1-12H3. The summed E-state index contributed by atoms with van der Waals surface area (Å²) in [7, 11) is 0. The van der Waals surface area contributed by atoms with Gasteiger partial charge in [-0.2, -0.15) is 0 Å². The van der Waals surface area contributed by atoms with Crippen molar-refractivity contribution in [2.45, 2.75) is 120 Å². The van der Waals surface area contributed by atoms with Crippen molar-refractivity contribution in [3.63, 3.8) is 0 Å². The van der Waals surface area contributed by atoms with Crippen LogP contribution in [0, 0.1) is 10.8 Å². The topological polar surface area (TPSA) is 40.5 Å². The molecule has 2 nitrogen and oxygen atoms in total. The first kappa shape index (κ1) is 28.3. The average Bonchev–Trinajstić information content (AvgIpc) is 2.64. The number of aryl methyl sites for hydroxylation is 2. The number of phenols is 2. The van der Waals surface area contributed by atoms with E-state index < -0.39 is 0 Å². The van der Waals surface area contributed by atoms with Gasteiger partial charge in [-0.05, 0) is 70.6 Å². The van der Waals surface area contributed by atoms with Gasteiger partial charge in [0.15, 0.2) is 0 Å². The molecule has 0 radical (unpaired) electrons. The molecule has 0 aliphatic carbocycles. The minimum absolute atomic E-state index is 0.132. The minimum Gasteiger partial charge on any atom is -0.507 e. The summed E-state index contributed by atoms with van der Waals surface area (Å²) < 4.78 is 0. The quantitative estimate of drug-likeness (QED) is 0.427. The van der Waals surface area contributed by atoms with Crippen molar-refractivity contribution in [3.05, 3.63) is 46.5 Å². The van der Waals surface area contributed by atoms with Gasteiger partial charge in [0, 0.05) is 22.3 Å². The first-order valence-corrected chi connectivity index (χ1v) is 13.0. The van der Waals surface area contributed by atoms with E-state index in [0.717, 1.165) is 47.9 Å². The molecule has 0 spiro atoms. The SMILES string of the molecule is CCc1cc(-c2cc(CC)cc(C(C)(C)CC(C)(C)C)c2O)c(O)c(C(C)(C)CC(C)(C)C)c1. The highest BCUT2D eigenvalue weighted by atomic mass is 16.3. The van der Waals surface area contributed by atoms with Crippen molar-refractivity contribution in [2.75, 3.05) is 0 Å². The molecular weight excluding hydrogens is 416 g/mol.